The molecule has 11 heteroatoms. The Morgan fingerprint density at radius 1 is 0.784 bits per heavy atom. The molecule has 2 rings (SSSR count). The number of rotatable bonds is 7. The van der Waals surface area contributed by atoms with E-state index in [9.17, 15) is 19.2 Å². The van der Waals surface area contributed by atoms with Crippen LogP contribution in [0.25, 0.3) is 0 Å². The van der Waals surface area contributed by atoms with Crippen molar-refractivity contribution in [3.05, 3.63) is 48.8 Å². The van der Waals surface area contributed by atoms with Gasteiger partial charge in [-0.25, -0.2) is 9.97 Å². The molecule has 0 saturated heterocycles. The van der Waals surface area contributed by atoms with E-state index < -0.39 is 23.1 Å². The van der Waals surface area contributed by atoms with Gasteiger partial charge < -0.3 is 25.6 Å². The maximum atomic E-state index is 11.5. The number of nitrogens with two attached hydrogens (primary N) is 1. The van der Waals surface area contributed by atoms with Crippen LogP contribution in [-0.2, 0) is 28.7 Å². The number of ether oxygens (including phenoxy) is 2. The van der Waals surface area contributed by atoms with Gasteiger partial charge in [-0.2, -0.15) is 0 Å². The van der Waals surface area contributed by atoms with Gasteiger partial charge in [0.25, 0.3) is 0 Å². The summed E-state index contributed by atoms with van der Waals surface area (Å²) >= 11 is 0. The molecule has 0 aromatic carbocycles. The number of amides is 1. The van der Waals surface area contributed by atoms with Gasteiger partial charge in [-0.15, -0.1) is 0 Å². The number of aliphatic carboxylic acids is 1. The Kier molecular flexibility index (Phi) is 14.8. The number of nitrogens with one attached hydrogen (secondary N) is 1. The average Bonchev–Trinajstić information content (AvgIpc) is 2.76. The number of pyridine rings is 2. The SMILES string of the molecule is CC(C)(C)OC(=O)CCC(=O)Nc1ccccn1.CC(C)(C)OC(=O)CCC(=O)O.Nc1ccccn1. The van der Waals surface area contributed by atoms with Crippen molar-refractivity contribution in [2.75, 3.05) is 11.1 Å². The van der Waals surface area contributed by atoms with Crippen molar-refractivity contribution >= 4 is 35.5 Å². The first-order chi connectivity index (χ1) is 17.1. The van der Waals surface area contributed by atoms with Crippen molar-refractivity contribution in [2.24, 2.45) is 0 Å². The first-order valence-corrected chi connectivity index (χ1v) is 11.6. The Balaban J connectivity index is 0.000000583. The molecule has 37 heavy (non-hydrogen) atoms. The van der Waals surface area contributed by atoms with E-state index in [2.05, 4.69) is 15.3 Å². The van der Waals surface area contributed by atoms with Crippen LogP contribution < -0.4 is 11.1 Å². The Labute approximate surface area is 217 Å². The molecule has 0 saturated carbocycles. The van der Waals surface area contributed by atoms with Gasteiger partial charge in [-0.3, -0.25) is 19.2 Å². The highest BCUT2D eigenvalue weighted by Crippen LogP contribution is 2.10. The van der Waals surface area contributed by atoms with Crippen LogP contribution in [0.5, 0.6) is 0 Å². The third-order valence-corrected chi connectivity index (χ3v) is 3.56. The molecule has 0 spiro atoms. The van der Waals surface area contributed by atoms with Crippen molar-refractivity contribution in [3.8, 4) is 0 Å². The Morgan fingerprint density at radius 3 is 1.62 bits per heavy atom. The van der Waals surface area contributed by atoms with E-state index in [0.29, 0.717) is 11.6 Å². The van der Waals surface area contributed by atoms with E-state index in [-0.39, 0.29) is 37.6 Å². The van der Waals surface area contributed by atoms with Gasteiger partial charge in [-0.1, -0.05) is 12.1 Å². The van der Waals surface area contributed by atoms with E-state index >= 15 is 0 Å². The van der Waals surface area contributed by atoms with E-state index in [1.807, 2.05) is 12.1 Å². The zero-order valence-electron chi connectivity index (χ0n) is 22.3. The van der Waals surface area contributed by atoms with Crippen LogP contribution in [0.4, 0.5) is 11.6 Å². The number of aromatic nitrogens is 2. The summed E-state index contributed by atoms with van der Waals surface area (Å²) in [5, 5.41) is 10.9. The first-order valence-electron chi connectivity index (χ1n) is 11.6. The van der Waals surface area contributed by atoms with E-state index in [1.165, 1.54) is 0 Å². The molecular formula is C26H38N4O7. The van der Waals surface area contributed by atoms with Crippen LogP contribution in [0.2, 0.25) is 0 Å². The zero-order chi connectivity index (χ0) is 28.5. The van der Waals surface area contributed by atoms with Crippen LogP contribution in [-0.4, -0.2) is 50.1 Å². The number of carboxylic acids is 1. The minimum Gasteiger partial charge on any atom is -0.481 e. The molecule has 0 aliphatic rings. The van der Waals surface area contributed by atoms with Gasteiger partial charge in [0.05, 0.1) is 19.3 Å². The molecule has 0 unspecified atom stereocenters. The number of carbonyl (C=O) groups excluding carboxylic acids is 3. The maximum Gasteiger partial charge on any atom is 0.306 e. The van der Waals surface area contributed by atoms with E-state index in [1.54, 1.807) is 78.2 Å². The molecule has 2 aromatic heterocycles. The second-order valence-corrected chi connectivity index (χ2v) is 9.58. The quantitative estimate of drug-likeness (QED) is 0.455. The summed E-state index contributed by atoms with van der Waals surface area (Å²) in [4.78, 5) is 51.6. The lowest BCUT2D eigenvalue weighted by Gasteiger charge is -2.19. The van der Waals surface area contributed by atoms with Gasteiger partial charge in [0.2, 0.25) is 5.91 Å². The van der Waals surface area contributed by atoms with Gasteiger partial charge in [0.15, 0.2) is 0 Å². The molecule has 204 valence electrons. The Morgan fingerprint density at radius 2 is 1.27 bits per heavy atom. The molecule has 0 atom stereocenters. The molecule has 0 aliphatic carbocycles. The minimum absolute atomic E-state index is 0.0629. The summed E-state index contributed by atoms with van der Waals surface area (Å²) in [5.41, 5.74) is 4.20. The van der Waals surface area contributed by atoms with Crippen LogP contribution >= 0.6 is 0 Å². The monoisotopic (exact) mass is 518 g/mol. The predicted molar refractivity (Wildman–Crippen MR) is 139 cm³/mol. The molecule has 0 aliphatic heterocycles. The van der Waals surface area contributed by atoms with Crippen LogP contribution in [0.15, 0.2) is 48.8 Å². The Hall–Kier alpha value is -4.02. The predicted octanol–water partition coefficient (Wildman–Crippen LogP) is 4.00. The van der Waals surface area contributed by atoms with Gasteiger partial charge in [0, 0.05) is 18.8 Å². The number of anilines is 2. The van der Waals surface area contributed by atoms with Crippen molar-refractivity contribution in [1.29, 1.82) is 0 Å². The van der Waals surface area contributed by atoms with Crippen LogP contribution in [0.1, 0.15) is 67.2 Å². The van der Waals surface area contributed by atoms with Crippen molar-refractivity contribution in [3.63, 3.8) is 0 Å². The topological polar surface area (TPSA) is 171 Å². The molecule has 4 N–H and O–H groups in total. The van der Waals surface area contributed by atoms with Gasteiger partial charge >= 0.3 is 17.9 Å². The highest BCUT2D eigenvalue weighted by atomic mass is 16.6. The smallest absolute Gasteiger partial charge is 0.306 e. The second kappa shape index (κ2) is 16.6. The lowest BCUT2D eigenvalue weighted by atomic mass is 10.2. The number of hydrogen-bond donors (Lipinski definition) is 3. The number of carboxylic acid groups (broad SMARTS) is 1. The fraction of sp³-hybridized carbons (Fsp3) is 0.462. The number of carbonyl (C=O) groups is 4. The maximum absolute atomic E-state index is 11.5. The molecule has 0 bridgehead atoms. The third kappa shape index (κ3) is 22.2. The first kappa shape index (κ1) is 33.0. The highest BCUT2D eigenvalue weighted by Gasteiger charge is 2.17. The summed E-state index contributed by atoms with van der Waals surface area (Å²) in [7, 11) is 0. The van der Waals surface area contributed by atoms with Crippen molar-refractivity contribution < 1.29 is 33.8 Å². The zero-order valence-corrected chi connectivity index (χ0v) is 22.3. The molecule has 1 amide bonds. The highest BCUT2D eigenvalue weighted by molar-refractivity contribution is 5.91. The fourth-order valence-corrected chi connectivity index (χ4v) is 2.23. The summed E-state index contributed by atoms with van der Waals surface area (Å²) in [5.74, 6) is -1.03. The molecule has 11 nitrogen and oxygen atoms in total. The second-order valence-electron chi connectivity index (χ2n) is 9.58. The lowest BCUT2D eigenvalue weighted by molar-refractivity contribution is -0.157. The molecule has 0 fully saturated rings. The average molecular weight is 519 g/mol. The number of nitrogen functional groups attached to an aromatic ring is 1. The summed E-state index contributed by atoms with van der Waals surface area (Å²) in [6, 6.07) is 10.6. The number of hydrogen-bond acceptors (Lipinski definition) is 9. The van der Waals surface area contributed by atoms with Crippen LogP contribution in [0, 0.1) is 0 Å². The van der Waals surface area contributed by atoms with Crippen molar-refractivity contribution in [1.82, 2.24) is 9.97 Å². The minimum atomic E-state index is -0.985. The van der Waals surface area contributed by atoms with E-state index in [4.69, 9.17) is 20.3 Å². The van der Waals surface area contributed by atoms with Crippen molar-refractivity contribution in [2.45, 2.75) is 78.4 Å². The fourth-order valence-electron chi connectivity index (χ4n) is 2.23. The summed E-state index contributed by atoms with van der Waals surface area (Å²) in [6.45, 7) is 10.6. The number of nitrogens with zero attached hydrogens (tertiary/aromatic N) is 2. The third-order valence-electron chi connectivity index (χ3n) is 3.56. The Bertz CT molecular complexity index is 970. The largest absolute Gasteiger partial charge is 0.481 e. The van der Waals surface area contributed by atoms with Gasteiger partial charge in [-0.05, 0) is 65.8 Å². The van der Waals surface area contributed by atoms with Gasteiger partial charge in [0.1, 0.15) is 22.8 Å². The standard InChI is InChI=1S/C13H18N2O3.C8H14O4.C5H6N2/c1-13(2,3)18-12(17)8-7-11(16)15-10-6-4-5-9-14-10;1-8(2,3)12-7(11)5-4-6(9)10;6-5-3-1-2-4-7-5/h4-6,9H,7-8H2,1-3H3,(H,14,15,16);4-5H2,1-3H3,(H,9,10);1-4H,(H2,6,7). The molecule has 2 aromatic rings. The number of esters is 2. The lowest BCUT2D eigenvalue weighted by Crippen LogP contribution is -2.24. The molecule has 0 radical (unpaired) electrons. The molecule has 2 heterocycles. The summed E-state index contributed by atoms with van der Waals surface area (Å²) in [6.07, 6.45) is 3.17. The van der Waals surface area contributed by atoms with Crippen LogP contribution in [0.3, 0.4) is 0 Å². The van der Waals surface area contributed by atoms with E-state index in [0.717, 1.165) is 0 Å². The summed E-state index contributed by atoms with van der Waals surface area (Å²) < 4.78 is 9.99. The normalized spacial score (nSPS) is 10.4. The molecular weight excluding hydrogens is 480 g/mol.